The third kappa shape index (κ3) is 5.29. The van der Waals surface area contributed by atoms with E-state index in [-0.39, 0.29) is 17.8 Å². The van der Waals surface area contributed by atoms with Gasteiger partial charge in [0.15, 0.2) is 6.61 Å². The van der Waals surface area contributed by atoms with E-state index < -0.39 is 18.5 Å². The summed E-state index contributed by atoms with van der Waals surface area (Å²) in [5.74, 6) is -0.409. The molecule has 1 saturated heterocycles. The van der Waals surface area contributed by atoms with Crippen molar-refractivity contribution < 1.29 is 19.1 Å². The normalized spacial score (nSPS) is 15.3. The average molecular weight is 391 g/mol. The first-order chi connectivity index (χ1) is 11.4. The molecule has 2 amide bonds. The van der Waals surface area contributed by atoms with Crippen molar-refractivity contribution in [1.29, 1.82) is 0 Å². The van der Waals surface area contributed by atoms with Crippen molar-refractivity contribution in [2.75, 3.05) is 25.4 Å². The van der Waals surface area contributed by atoms with Crippen molar-refractivity contribution >= 4 is 52.1 Å². The van der Waals surface area contributed by atoms with Gasteiger partial charge in [0.25, 0.3) is 11.1 Å². The number of thioether (sulfide) groups is 1. The molecule has 0 aliphatic carbocycles. The van der Waals surface area contributed by atoms with E-state index in [1.165, 1.54) is 4.90 Å². The highest BCUT2D eigenvalue weighted by atomic mass is 35.5. The summed E-state index contributed by atoms with van der Waals surface area (Å²) in [5, 5.41) is 3.48. The predicted molar refractivity (Wildman–Crippen MR) is 93.4 cm³/mol. The molecule has 2 rings (SSSR count). The Morgan fingerprint density at radius 2 is 2.17 bits per heavy atom. The summed E-state index contributed by atoms with van der Waals surface area (Å²) < 4.78 is 4.89. The molecule has 1 aliphatic heterocycles. The van der Waals surface area contributed by atoms with E-state index >= 15 is 0 Å². The van der Waals surface area contributed by atoms with Crippen LogP contribution in [-0.4, -0.2) is 47.5 Å². The van der Waals surface area contributed by atoms with Crippen LogP contribution in [0.15, 0.2) is 18.2 Å². The molecule has 9 heteroatoms. The summed E-state index contributed by atoms with van der Waals surface area (Å²) in [6, 6.07) is 4.62. The number of carbonyl (C=O) groups excluding carboxylic acids is 3. The molecule has 0 aromatic heterocycles. The Morgan fingerprint density at radius 1 is 1.42 bits per heavy atom. The Bertz CT molecular complexity index is 656. The second-order valence-corrected chi connectivity index (χ2v) is 7.04. The molecule has 0 unspecified atom stereocenters. The van der Waals surface area contributed by atoms with Crippen LogP contribution in [0.3, 0.4) is 0 Å². The summed E-state index contributed by atoms with van der Waals surface area (Å²) in [7, 11) is 0. The molecule has 6 nitrogen and oxygen atoms in total. The first-order valence-electron chi connectivity index (χ1n) is 7.18. The van der Waals surface area contributed by atoms with Gasteiger partial charge in [0.2, 0.25) is 0 Å². The Hall–Kier alpha value is -1.44. The number of nitrogens with one attached hydrogen (secondary N) is 1. The van der Waals surface area contributed by atoms with Gasteiger partial charge in [0.1, 0.15) is 6.54 Å². The molecule has 0 bridgehead atoms. The van der Waals surface area contributed by atoms with E-state index in [2.05, 4.69) is 5.32 Å². The van der Waals surface area contributed by atoms with Crippen LogP contribution in [0.25, 0.3) is 0 Å². The minimum atomic E-state index is -0.613. The molecule has 1 heterocycles. The quantitative estimate of drug-likeness (QED) is 0.755. The molecule has 130 valence electrons. The van der Waals surface area contributed by atoms with Crippen LogP contribution in [0.1, 0.15) is 18.5 Å². The molecule has 1 fully saturated rings. The smallest absolute Gasteiger partial charge is 0.326 e. The molecule has 24 heavy (non-hydrogen) atoms. The zero-order valence-corrected chi connectivity index (χ0v) is 15.2. The SMILES string of the molecule is C[C@@H](NC(=O)COC(=O)CN1CCSC1=O)c1ccc(Cl)cc1Cl. The minimum Gasteiger partial charge on any atom is -0.454 e. The van der Waals surface area contributed by atoms with Gasteiger partial charge in [-0.2, -0.15) is 0 Å². The maximum atomic E-state index is 11.9. The highest BCUT2D eigenvalue weighted by Crippen LogP contribution is 2.26. The molecule has 1 aliphatic rings. The van der Waals surface area contributed by atoms with Gasteiger partial charge in [-0.1, -0.05) is 41.0 Å². The summed E-state index contributed by atoms with van der Waals surface area (Å²) in [6.07, 6.45) is 0. The lowest BCUT2D eigenvalue weighted by Crippen LogP contribution is -2.35. The largest absolute Gasteiger partial charge is 0.454 e. The molecule has 1 aromatic carbocycles. The van der Waals surface area contributed by atoms with Crippen molar-refractivity contribution in [2.24, 2.45) is 0 Å². The monoisotopic (exact) mass is 390 g/mol. The van der Waals surface area contributed by atoms with Gasteiger partial charge < -0.3 is 15.0 Å². The molecule has 0 spiro atoms. The van der Waals surface area contributed by atoms with Crippen molar-refractivity contribution in [2.45, 2.75) is 13.0 Å². The zero-order valence-electron chi connectivity index (χ0n) is 12.9. The summed E-state index contributed by atoms with van der Waals surface area (Å²) in [6.45, 7) is 1.72. The standard InChI is InChI=1S/C15H16Cl2N2O4S/c1-9(11-3-2-10(16)6-12(11)17)18-13(20)8-23-14(21)7-19-4-5-24-15(19)22/h2-3,6,9H,4-5,7-8H2,1H3,(H,18,20)/t9-/m1/s1. The van der Waals surface area contributed by atoms with E-state index in [1.54, 1.807) is 25.1 Å². The molecular weight excluding hydrogens is 375 g/mol. The fraction of sp³-hybridized carbons (Fsp3) is 0.400. The van der Waals surface area contributed by atoms with Crippen LogP contribution in [0.4, 0.5) is 4.79 Å². The van der Waals surface area contributed by atoms with Crippen LogP contribution < -0.4 is 5.32 Å². The predicted octanol–water partition coefficient (Wildman–Crippen LogP) is 2.88. The van der Waals surface area contributed by atoms with Gasteiger partial charge in [0, 0.05) is 22.3 Å². The molecule has 0 saturated carbocycles. The van der Waals surface area contributed by atoms with Crippen LogP contribution in [-0.2, 0) is 14.3 Å². The highest BCUT2D eigenvalue weighted by molar-refractivity contribution is 8.13. The Kier molecular flexibility index (Phi) is 6.77. The number of nitrogens with zero attached hydrogens (tertiary/aromatic N) is 1. The van der Waals surface area contributed by atoms with Gasteiger partial charge >= 0.3 is 5.97 Å². The maximum Gasteiger partial charge on any atom is 0.326 e. The van der Waals surface area contributed by atoms with Gasteiger partial charge in [-0.3, -0.25) is 14.4 Å². The van der Waals surface area contributed by atoms with Gasteiger partial charge in [0.05, 0.1) is 6.04 Å². The molecule has 1 N–H and O–H groups in total. The van der Waals surface area contributed by atoms with E-state index in [4.69, 9.17) is 27.9 Å². The van der Waals surface area contributed by atoms with E-state index in [1.807, 2.05) is 0 Å². The lowest BCUT2D eigenvalue weighted by atomic mass is 10.1. The number of ether oxygens (including phenoxy) is 1. The fourth-order valence-electron chi connectivity index (χ4n) is 2.13. The lowest BCUT2D eigenvalue weighted by Gasteiger charge is -2.17. The van der Waals surface area contributed by atoms with E-state index in [9.17, 15) is 14.4 Å². The summed E-state index contributed by atoms with van der Waals surface area (Å²) >= 11 is 13.1. The Morgan fingerprint density at radius 3 is 2.79 bits per heavy atom. The van der Waals surface area contributed by atoms with Crippen molar-refractivity contribution in [3.8, 4) is 0 Å². The topological polar surface area (TPSA) is 75.7 Å². The van der Waals surface area contributed by atoms with Crippen LogP contribution in [0.5, 0.6) is 0 Å². The first-order valence-corrected chi connectivity index (χ1v) is 8.92. The number of hydrogen-bond donors (Lipinski definition) is 1. The van der Waals surface area contributed by atoms with Gasteiger partial charge in [-0.15, -0.1) is 0 Å². The summed E-state index contributed by atoms with van der Waals surface area (Å²) in [5.41, 5.74) is 0.709. The van der Waals surface area contributed by atoms with Crippen molar-refractivity contribution in [3.05, 3.63) is 33.8 Å². The number of carbonyl (C=O) groups is 3. The third-order valence-corrected chi connectivity index (χ3v) is 4.79. The number of amides is 2. The van der Waals surface area contributed by atoms with Crippen molar-refractivity contribution in [3.63, 3.8) is 0 Å². The molecule has 1 atom stereocenters. The van der Waals surface area contributed by atoms with E-state index in [0.717, 1.165) is 11.8 Å². The van der Waals surface area contributed by atoms with Crippen LogP contribution in [0, 0.1) is 0 Å². The van der Waals surface area contributed by atoms with Gasteiger partial charge in [-0.25, -0.2) is 0 Å². The number of halogens is 2. The fourth-order valence-corrected chi connectivity index (χ4v) is 3.53. The van der Waals surface area contributed by atoms with Crippen LogP contribution in [0.2, 0.25) is 10.0 Å². The Labute approximate surface area is 153 Å². The number of rotatable bonds is 6. The minimum absolute atomic E-state index is 0.141. The number of benzene rings is 1. The number of esters is 1. The van der Waals surface area contributed by atoms with Crippen LogP contribution >= 0.6 is 35.0 Å². The molecule has 1 aromatic rings. The maximum absolute atomic E-state index is 11.9. The number of hydrogen-bond acceptors (Lipinski definition) is 5. The van der Waals surface area contributed by atoms with Crippen molar-refractivity contribution in [1.82, 2.24) is 10.2 Å². The average Bonchev–Trinajstić information content (AvgIpc) is 2.90. The second kappa shape index (κ2) is 8.60. The molecular formula is C15H16Cl2N2O4S. The third-order valence-electron chi connectivity index (χ3n) is 3.34. The first kappa shape index (κ1) is 18.9. The van der Waals surface area contributed by atoms with Gasteiger partial charge in [-0.05, 0) is 24.6 Å². The Balaban J connectivity index is 1.78. The van der Waals surface area contributed by atoms with E-state index in [0.29, 0.717) is 27.9 Å². The summed E-state index contributed by atoms with van der Waals surface area (Å²) in [4.78, 5) is 36.3. The highest BCUT2D eigenvalue weighted by Gasteiger charge is 2.24. The molecule has 0 radical (unpaired) electrons. The zero-order chi connectivity index (χ0) is 17.7. The second-order valence-electron chi connectivity index (χ2n) is 5.15. The lowest BCUT2D eigenvalue weighted by molar-refractivity contribution is -0.149.